The monoisotopic (exact) mass is 989 g/mol. The van der Waals surface area contributed by atoms with Crippen molar-refractivity contribution in [2.45, 2.75) is 167 Å². The molecule has 0 saturated carbocycles. The van der Waals surface area contributed by atoms with Gasteiger partial charge in [-0.2, -0.15) is 0 Å². The Balaban J connectivity index is 1.15. The lowest BCUT2D eigenvalue weighted by atomic mass is 9.91. The van der Waals surface area contributed by atoms with E-state index in [1.807, 2.05) is 72.8 Å². The first-order chi connectivity index (χ1) is 33.2. The number of methoxy groups -OCH3 is 1. The molecular formula is C60H84O8Si2. The Morgan fingerprint density at radius 1 is 0.914 bits per heavy atom. The molecule has 0 amide bonds. The van der Waals surface area contributed by atoms with Crippen LogP contribution in [-0.4, -0.2) is 84.5 Å². The Morgan fingerprint density at radius 2 is 1.59 bits per heavy atom. The van der Waals surface area contributed by atoms with E-state index >= 15 is 0 Å². The molecule has 7 atom stereocenters. The zero-order valence-corrected chi connectivity index (χ0v) is 46.2. The SMILES string of the molecule is C=C(C[C@H](C)C[C@@H]1CC=C[C@@H](CC#CCO[Si](OC(C)(C)C)(c2ccccc2)c2ccccc2)O1)C[C@H](O)/C=C/C[C@H](OCc1ccc(OC)cc1)[C@H](/C=C/[C@@H]1CC(C)=CCO1)O[Si](C)(C)C(C)(C)C. The molecule has 70 heavy (non-hydrogen) atoms. The van der Waals surface area contributed by atoms with Crippen molar-refractivity contribution < 1.29 is 37.3 Å². The van der Waals surface area contributed by atoms with E-state index in [1.54, 1.807) is 7.11 Å². The van der Waals surface area contributed by atoms with Crippen molar-refractivity contribution in [3.8, 4) is 17.6 Å². The molecule has 0 aliphatic carbocycles. The maximum atomic E-state index is 11.3. The van der Waals surface area contributed by atoms with E-state index < -0.39 is 28.6 Å². The molecule has 0 aromatic heterocycles. The Hall–Kier alpha value is -4.13. The summed E-state index contributed by atoms with van der Waals surface area (Å²) >= 11 is 0. The number of aliphatic hydroxyl groups is 1. The van der Waals surface area contributed by atoms with Crippen molar-refractivity contribution in [1.82, 2.24) is 0 Å². The second kappa shape index (κ2) is 27.1. The first-order valence-electron chi connectivity index (χ1n) is 25.4. The highest BCUT2D eigenvalue weighted by Crippen LogP contribution is 2.38. The molecule has 2 aliphatic rings. The van der Waals surface area contributed by atoms with Crippen molar-refractivity contribution in [2.75, 3.05) is 20.3 Å². The molecule has 1 N–H and O–H groups in total. The molecule has 2 aliphatic heterocycles. The van der Waals surface area contributed by atoms with E-state index in [4.69, 9.17) is 32.2 Å². The van der Waals surface area contributed by atoms with E-state index in [2.05, 4.69) is 142 Å². The predicted molar refractivity (Wildman–Crippen MR) is 292 cm³/mol. The summed E-state index contributed by atoms with van der Waals surface area (Å²) in [4.78, 5) is 0. The molecule has 0 spiro atoms. The maximum Gasteiger partial charge on any atom is 0.408 e. The van der Waals surface area contributed by atoms with Crippen LogP contribution in [0.2, 0.25) is 18.1 Å². The van der Waals surface area contributed by atoms with Crippen LogP contribution in [0.1, 0.15) is 106 Å². The topological polar surface area (TPSA) is 84.8 Å². The molecule has 3 aromatic rings. The molecule has 380 valence electrons. The summed E-state index contributed by atoms with van der Waals surface area (Å²) in [5.41, 5.74) is 2.97. The smallest absolute Gasteiger partial charge is 0.408 e. The van der Waals surface area contributed by atoms with Crippen LogP contribution in [0.4, 0.5) is 0 Å². The zero-order valence-electron chi connectivity index (χ0n) is 44.2. The van der Waals surface area contributed by atoms with E-state index in [1.165, 1.54) is 5.57 Å². The molecular weight excluding hydrogens is 905 g/mol. The quantitative estimate of drug-likeness (QED) is 0.0540. The molecule has 5 rings (SSSR count). The third-order valence-electron chi connectivity index (χ3n) is 13.2. The maximum absolute atomic E-state index is 11.3. The second-order valence-electron chi connectivity index (χ2n) is 21.7. The molecule has 3 aromatic carbocycles. The van der Waals surface area contributed by atoms with Gasteiger partial charge in [0.2, 0.25) is 0 Å². The fourth-order valence-electron chi connectivity index (χ4n) is 8.54. The standard InChI is InChI=1S/C60H84O8Si2/c1-46-38-40-63-53(43-46)36-37-58(67-69(11,12)60(7,8)9)57(64-45-49-32-34-51(62-10)35-33-49)31-21-23-50(61)42-47(2)41-48(3)44-54-26-22-25-52(66-54)24-19-20-39-65-70(68-59(4,5)6,55-27-15-13-16-28-55)56-29-17-14-18-30-56/h13-18,21-23,25,27-30,32-38,48,50,52-54,57-58,61H,2,24,26,31,39-45H2,1,3-12H3/b23-21+,37-36+/t48-,50+,52+,53+,54-,57-,58-/m0/s1. The number of rotatable bonds is 24. The van der Waals surface area contributed by atoms with Gasteiger partial charge in [0.05, 0.1) is 69.2 Å². The van der Waals surface area contributed by atoms with Crippen LogP contribution < -0.4 is 15.1 Å². The van der Waals surface area contributed by atoms with Crippen LogP contribution in [0.25, 0.3) is 0 Å². The van der Waals surface area contributed by atoms with Gasteiger partial charge < -0.3 is 37.3 Å². The fourth-order valence-corrected chi connectivity index (χ4v) is 13.2. The van der Waals surface area contributed by atoms with Gasteiger partial charge in [-0.05, 0) is 118 Å². The van der Waals surface area contributed by atoms with Gasteiger partial charge in [0.15, 0.2) is 8.32 Å². The number of hydrogen-bond acceptors (Lipinski definition) is 8. The minimum atomic E-state index is -3.07. The Labute approximate surface area is 424 Å². The molecule has 0 fully saturated rings. The van der Waals surface area contributed by atoms with Gasteiger partial charge in [0.1, 0.15) is 5.75 Å². The van der Waals surface area contributed by atoms with Crippen molar-refractivity contribution in [1.29, 1.82) is 0 Å². The first kappa shape index (κ1) is 56.8. The average Bonchev–Trinajstić information content (AvgIpc) is 3.31. The van der Waals surface area contributed by atoms with E-state index in [-0.39, 0.29) is 42.2 Å². The van der Waals surface area contributed by atoms with E-state index in [9.17, 15) is 5.11 Å². The second-order valence-corrected chi connectivity index (χ2v) is 29.3. The van der Waals surface area contributed by atoms with Crippen LogP contribution in [0.15, 0.2) is 145 Å². The summed E-state index contributed by atoms with van der Waals surface area (Å²) in [5, 5.41) is 13.4. The van der Waals surface area contributed by atoms with Crippen LogP contribution in [0, 0.1) is 17.8 Å². The van der Waals surface area contributed by atoms with Gasteiger partial charge in [-0.15, -0.1) is 0 Å². The Morgan fingerprint density at radius 3 is 2.20 bits per heavy atom. The Bertz CT molecular complexity index is 2190. The van der Waals surface area contributed by atoms with Crippen LogP contribution >= 0.6 is 0 Å². The van der Waals surface area contributed by atoms with Gasteiger partial charge in [0.25, 0.3) is 0 Å². The number of hydrogen-bond donors (Lipinski definition) is 1. The molecule has 0 radical (unpaired) electrons. The van der Waals surface area contributed by atoms with Gasteiger partial charge in [-0.3, -0.25) is 0 Å². The van der Waals surface area contributed by atoms with Gasteiger partial charge in [-0.1, -0.05) is 173 Å². The summed E-state index contributed by atoms with van der Waals surface area (Å²) in [6.45, 7) is 27.6. The molecule has 10 heteroatoms. The lowest BCUT2D eigenvalue weighted by molar-refractivity contribution is -0.0204. The predicted octanol–water partition coefficient (Wildman–Crippen LogP) is 12.1. The molecule has 8 nitrogen and oxygen atoms in total. The van der Waals surface area contributed by atoms with E-state index in [0.717, 1.165) is 52.9 Å². The van der Waals surface area contributed by atoms with Gasteiger partial charge in [0, 0.05) is 6.42 Å². The number of ether oxygens (including phenoxy) is 4. The lowest BCUT2D eigenvalue weighted by Crippen LogP contribution is -2.65. The normalized spacial score (nSPS) is 19.8. The molecule has 0 unspecified atom stereocenters. The largest absolute Gasteiger partial charge is 0.497 e. The third kappa shape index (κ3) is 18.5. The van der Waals surface area contributed by atoms with Crippen molar-refractivity contribution in [3.63, 3.8) is 0 Å². The highest BCUT2D eigenvalue weighted by Gasteiger charge is 2.46. The van der Waals surface area contributed by atoms with Crippen LogP contribution in [0.5, 0.6) is 5.75 Å². The third-order valence-corrected chi connectivity index (χ3v) is 21.3. The fraction of sp³-hybridized carbons (Fsp3) is 0.500. The van der Waals surface area contributed by atoms with Crippen molar-refractivity contribution in [2.24, 2.45) is 5.92 Å². The van der Waals surface area contributed by atoms with Crippen molar-refractivity contribution in [3.05, 3.63) is 151 Å². The van der Waals surface area contributed by atoms with Crippen LogP contribution in [0.3, 0.4) is 0 Å². The minimum Gasteiger partial charge on any atom is -0.497 e. The minimum absolute atomic E-state index is 0.000455. The average molecular weight is 989 g/mol. The van der Waals surface area contributed by atoms with Crippen molar-refractivity contribution >= 4 is 27.3 Å². The summed E-state index contributed by atoms with van der Waals surface area (Å²) in [6.07, 6.45) is 18.5. The van der Waals surface area contributed by atoms with E-state index in [0.29, 0.717) is 38.4 Å². The zero-order chi connectivity index (χ0) is 50.8. The summed E-state index contributed by atoms with van der Waals surface area (Å²) < 4.78 is 45.5. The number of aliphatic hydroxyl groups excluding tert-OH is 1. The Kier molecular flexibility index (Phi) is 22.0. The lowest BCUT2D eigenvalue weighted by Gasteiger charge is -2.40. The van der Waals surface area contributed by atoms with Gasteiger partial charge in [-0.25, -0.2) is 0 Å². The highest BCUT2D eigenvalue weighted by atomic mass is 28.4. The summed E-state index contributed by atoms with van der Waals surface area (Å²) in [7, 11) is -3.63. The first-order valence-corrected chi connectivity index (χ1v) is 30.1. The molecule has 0 saturated heterocycles. The highest BCUT2D eigenvalue weighted by molar-refractivity contribution is 6.92. The molecule has 2 heterocycles. The van der Waals surface area contributed by atoms with Crippen LogP contribution in [-0.2, 0) is 34.1 Å². The molecule has 0 bridgehead atoms. The number of benzene rings is 3. The summed E-state index contributed by atoms with van der Waals surface area (Å²) in [5.74, 6) is 7.78. The van der Waals surface area contributed by atoms with Gasteiger partial charge >= 0.3 is 8.56 Å². The summed E-state index contributed by atoms with van der Waals surface area (Å²) in [6, 6.07) is 28.6.